The molecule has 0 radical (unpaired) electrons. The van der Waals surface area contributed by atoms with E-state index in [1.54, 1.807) is 0 Å². The molecule has 25 nitrogen and oxygen atoms in total. The Balaban J connectivity index is 1.94. The van der Waals surface area contributed by atoms with Crippen LogP contribution in [0.15, 0.2) is 0 Å². The summed E-state index contributed by atoms with van der Waals surface area (Å²) in [5.74, 6) is 0. The van der Waals surface area contributed by atoms with Gasteiger partial charge in [-0.2, -0.15) is 0 Å². The van der Waals surface area contributed by atoms with Crippen LogP contribution >= 0.6 is 0 Å². The van der Waals surface area contributed by atoms with Crippen molar-refractivity contribution in [2.24, 2.45) is 0 Å². The van der Waals surface area contributed by atoms with E-state index in [0.717, 1.165) is 0 Å². The van der Waals surface area contributed by atoms with Crippen LogP contribution in [0.4, 0.5) is 0 Å². The van der Waals surface area contributed by atoms with Crippen molar-refractivity contribution in [1.82, 2.24) is 0 Å². The van der Waals surface area contributed by atoms with Gasteiger partial charge in [-0.3, -0.25) is 0 Å². The van der Waals surface area contributed by atoms with Gasteiger partial charge in [0, 0.05) is 0 Å². The first-order valence-corrected chi connectivity index (χ1v) is 17.3. The van der Waals surface area contributed by atoms with E-state index >= 15 is 0 Å². The first-order chi connectivity index (χ1) is 25.5. The van der Waals surface area contributed by atoms with Gasteiger partial charge in [0.1, 0.15) is 122 Å². The predicted octanol–water partition coefficient (Wildman–Crippen LogP) is -13.7. The minimum Gasteiger partial charge on any atom is -0.393 e. The lowest BCUT2D eigenvalue weighted by atomic mass is 9.51. The maximum Gasteiger partial charge on any atom is 0.161 e. The maximum atomic E-state index is 13.6. The molecule has 5 unspecified atom stereocenters. The highest BCUT2D eigenvalue weighted by Crippen LogP contribution is 2.56. The maximum absolute atomic E-state index is 13.6. The van der Waals surface area contributed by atoms with Crippen LogP contribution < -0.4 is 0 Å². The Morgan fingerprint density at radius 2 is 0.564 bits per heavy atom. The topological polar surface area (TPSA) is 451 Å². The molecule has 20 N–H and O–H groups in total. The molecule has 25 heteroatoms. The van der Waals surface area contributed by atoms with Gasteiger partial charge in [0.2, 0.25) is 0 Å². The van der Waals surface area contributed by atoms with Crippen molar-refractivity contribution in [2.45, 2.75) is 144 Å². The Morgan fingerprint density at radius 1 is 0.327 bits per heavy atom. The van der Waals surface area contributed by atoms with Gasteiger partial charge in [-0.05, 0) is 0 Å². The number of rotatable bonds is 9. The van der Waals surface area contributed by atoms with Crippen LogP contribution in [0.5, 0.6) is 0 Å². The molecule has 5 saturated heterocycles. The van der Waals surface area contributed by atoms with E-state index in [2.05, 4.69) is 0 Å². The molecule has 23 atom stereocenters. The normalized spacial score (nSPS) is 51.9. The molecule has 0 spiro atoms. The third-order valence-electron chi connectivity index (χ3n) is 11.8. The highest BCUT2D eigenvalue weighted by Gasteiger charge is 2.84. The second-order valence-electron chi connectivity index (χ2n) is 15.0. The summed E-state index contributed by atoms with van der Waals surface area (Å²) in [5.41, 5.74) is -17.5. The molecule has 0 aromatic carbocycles. The fourth-order valence-electron chi connectivity index (χ4n) is 8.53. The SMILES string of the molecule is OC[C@](O)(C1OC[C@@H](O)[C@H](O)[C@H]1O)[C@@](O)(C1OC[C@@H](O)[C@H](O)[C@H]1O)[C@](O)(C1OC[C@@H](O)[C@H](O)[C@H]1O)C(O)(C1OC[C@@H](O)[C@H](O)[C@H]1O)C1OC[C@@H](O)[C@H](O)[C@H]1O. The van der Waals surface area contributed by atoms with Crippen LogP contribution in [0.3, 0.4) is 0 Å². The summed E-state index contributed by atoms with van der Waals surface area (Å²) in [4.78, 5) is 0. The Labute approximate surface area is 310 Å². The molecule has 0 amide bonds. The largest absolute Gasteiger partial charge is 0.393 e. The van der Waals surface area contributed by atoms with Gasteiger partial charge in [-0.15, -0.1) is 0 Å². The number of hydrogen-bond donors (Lipinski definition) is 20. The van der Waals surface area contributed by atoms with Gasteiger partial charge < -0.3 is 126 Å². The summed E-state index contributed by atoms with van der Waals surface area (Å²) in [6, 6.07) is 0. The summed E-state index contributed by atoms with van der Waals surface area (Å²) < 4.78 is 27.2. The summed E-state index contributed by atoms with van der Waals surface area (Å²) in [5, 5.41) is 227. The molecule has 5 rings (SSSR count). The number of hydrogen-bond acceptors (Lipinski definition) is 25. The molecule has 0 bridgehead atoms. The lowest BCUT2D eigenvalue weighted by Gasteiger charge is -2.68. The molecule has 0 aromatic rings. The van der Waals surface area contributed by atoms with Gasteiger partial charge in [-0.1, -0.05) is 0 Å². The van der Waals surface area contributed by atoms with E-state index in [1.807, 2.05) is 0 Å². The number of aliphatic hydroxyl groups is 20. The molecule has 322 valence electrons. The summed E-state index contributed by atoms with van der Waals surface area (Å²) in [6.07, 6.45) is -50.4. The Hall–Kier alpha value is -1.00. The monoisotopic (exact) mass is 812 g/mol. The van der Waals surface area contributed by atoms with Gasteiger partial charge in [0.15, 0.2) is 22.4 Å². The third kappa shape index (κ3) is 6.65. The average molecular weight is 813 g/mol. The van der Waals surface area contributed by atoms with E-state index < -0.39 is 184 Å². The fraction of sp³-hybridized carbons (Fsp3) is 1.00. The fourth-order valence-corrected chi connectivity index (χ4v) is 8.53. The Bertz CT molecular complexity index is 1270. The quantitative estimate of drug-likeness (QED) is 0.103. The smallest absolute Gasteiger partial charge is 0.161 e. The molecule has 0 aromatic heterocycles. The van der Waals surface area contributed by atoms with Crippen molar-refractivity contribution in [1.29, 1.82) is 0 Å². The highest BCUT2D eigenvalue weighted by molar-refractivity contribution is 5.34. The minimum atomic E-state index is -4.60. The summed E-state index contributed by atoms with van der Waals surface area (Å²) in [7, 11) is 0. The van der Waals surface area contributed by atoms with Crippen molar-refractivity contribution >= 4 is 0 Å². The van der Waals surface area contributed by atoms with Crippen LogP contribution in [0.2, 0.25) is 0 Å². The minimum absolute atomic E-state index is 1.05. The molecular weight excluding hydrogens is 760 g/mol. The number of ether oxygens (including phenoxy) is 5. The lowest BCUT2D eigenvalue weighted by Crippen LogP contribution is -2.94. The molecule has 5 heterocycles. The summed E-state index contributed by atoms with van der Waals surface area (Å²) in [6.45, 7) is -7.66. The standard InChI is InChI=1S/C30H52O25/c31-6-27(47,22-17(42)12(37)7(32)1-51-22)29(49,25-20(45)15(40)10(35)4-54-25)30(50,26-21(46)16(41)11(36)5-55-26)28(48,23-18(43)13(38)8(33)2-52-23)24-19(44)14(39)9(34)3-53-24/h7-26,31-50H,1-6H2/t7-,8-,9-,10-,11-,12+,13+,14+,15+,16+,17-,18-,19-,20-,21-,22?,23?,24?,25?,26?,27+,28?,29+,30+/m1/s1. The van der Waals surface area contributed by atoms with Crippen molar-refractivity contribution in [2.75, 3.05) is 39.6 Å². The van der Waals surface area contributed by atoms with Crippen molar-refractivity contribution in [3.05, 3.63) is 0 Å². The van der Waals surface area contributed by atoms with E-state index in [1.165, 1.54) is 0 Å². The second kappa shape index (κ2) is 16.2. The Kier molecular flexibility index (Phi) is 13.3. The van der Waals surface area contributed by atoms with Crippen LogP contribution in [-0.4, -0.2) is 286 Å². The molecule has 0 saturated carbocycles. The highest BCUT2D eigenvalue weighted by atomic mass is 16.6. The van der Waals surface area contributed by atoms with Gasteiger partial charge >= 0.3 is 0 Å². The molecule has 0 aliphatic carbocycles. The Morgan fingerprint density at radius 3 is 0.873 bits per heavy atom. The van der Waals surface area contributed by atoms with E-state index in [0.29, 0.717) is 0 Å². The van der Waals surface area contributed by atoms with Crippen molar-refractivity contribution in [3.63, 3.8) is 0 Å². The van der Waals surface area contributed by atoms with Crippen LogP contribution in [0.25, 0.3) is 0 Å². The molecule has 5 aliphatic heterocycles. The first-order valence-electron chi connectivity index (χ1n) is 17.3. The molecular formula is C30H52O25. The molecule has 55 heavy (non-hydrogen) atoms. The average Bonchev–Trinajstić information content (AvgIpc) is 3.15. The van der Waals surface area contributed by atoms with E-state index in [9.17, 15) is 102 Å². The van der Waals surface area contributed by atoms with E-state index in [-0.39, 0.29) is 0 Å². The summed E-state index contributed by atoms with van der Waals surface area (Å²) >= 11 is 0. The van der Waals surface area contributed by atoms with Crippen LogP contribution in [0, 0.1) is 0 Å². The number of aliphatic hydroxyl groups excluding tert-OH is 16. The van der Waals surface area contributed by atoms with Gasteiger partial charge in [-0.25, -0.2) is 0 Å². The zero-order chi connectivity index (χ0) is 41.3. The molecule has 5 aliphatic rings. The van der Waals surface area contributed by atoms with Gasteiger partial charge in [0.05, 0.1) is 39.6 Å². The third-order valence-corrected chi connectivity index (χ3v) is 11.8. The predicted molar refractivity (Wildman–Crippen MR) is 166 cm³/mol. The van der Waals surface area contributed by atoms with Crippen LogP contribution in [-0.2, 0) is 23.7 Å². The van der Waals surface area contributed by atoms with E-state index in [4.69, 9.17) is 23.7 Å². The van der Waals surface area contributed by atoms with Crippen molar-refractivity contribution in [3.8, 4) is 0 Å². The zero-order valence-corrected chi connectivity index (χ0v) is 28.8. The van der Waals surface area contributed by atoms with Crippen molar-refractivity contribution < 1.29 is 126 Å². The van der Waals surface area contributed by atoms with Crippen LogP contribution in [0.1, 0.15) is 0 Å². The van der Waals surface area contributed by atoms with Gasteiger partial charge in [0.25, 0.3) is 0 Å². The molecule has 5 fully saturated rings. The zero-order valence-electron chi connectivity index (χ0n) is 28.8. The second-order valence-corrected chi connectivity index (χ2v) is 15.0. The first kappa shape index (κ1) is 45.1. The lowest BCUT2D eigenvalue weighted by molar-refractivity contribution is -0.439.